The zero-order chi connectivity index (χ0) is 18.5. The number of hydrogen-bond donors (Lipinski definition) is 1. The van der Waals surface area contributed by atoms with Gasteiger partial charge in [0, 0.05) is 13.1 Å². The lowest BCUT2D eigenvalue weighted by molar-refractivity contribution is 0.187. The third kappa shape index (κ3) is 4.20. The van der Waals surface area contributed by atoms with E-state index in [4.69, 9.17) is 4.42 Å². The van der Waals surface area contributed by atoms with Crippen LogP contribution in [0.5, 0.6) is 0 Å². The van der Waals surface area contributed by atoms with Gasteiger partial charge in [0.2, 0.25) is 0 Å². The Kier molecular flexibility index (Phi) is 5.21. The van der Waals surface area contributed by atoms with E-state index >= 15 is 0 Å². The molecule has 0 saturated carbocycles. The van der Waals surface area contributed by atoms with Crippen LogP contribution in [0.4, 0.5) is 4.79 Å². The molecule has 0 aliphatic heterocycles. The second kappa shape index (κ2) is 8.10. The second-order valence-electron chi connectivity index (χ2n) is 6.36. The highest BCUT2D eigenvalue weighted by molar-refractivity contribution is 7.07. The number of amides is 2. The molecule has 0 bridgehead atoms. The number of hydrogen-bond acceptors (Lipinski definition) is 3. The van der Waals surface area contributed by atoms with Crippen LogP contribution in [0.1, 0.15) is 16.9 Å². The maximum atomic E-state index is 12.9. The number of fused-ring (bicyclic) bond motifs is 1. The zero-order valence-electron chi connectivity index (χ0n) is 14.8. The molecule has 4 rings (SSSR count). The van der Waals surface area contributed by atoms with Gasteiger partial charge in [-0.05, 0) is 50.9 Å². The van der Waals surface area contributed by atoms with Crippen LogP contribution in [0.3, 0.4) is 0 Å². The molecule has 2 aromatic heterocycles. The van der Waals surface area contributed by atoms with Gasteiger partial charge in [-0.15, -0.1) is 0 Å². The van der Waals surface area contributed by atoms with Gasteiger partial charge in [-0.1, -0.05) is 42.5 Å². The average molecular weight is 376 g/mol. The number of nitrogens with zero attached hydrogens (tertiary/aromatic N) is 1. The predicted molar refractivity (Wildman–Crippen MR) is 108 cm³/mol. The molecule has 0 unspecified atom stereocenters. The summed E-state index contributed by atoms with van der Waals surface area (Å²) in [5.74, 6) is 0.769. The third-order valence-corrected chi connectivity index (χ3v) is 5.21. The highest BCUT2D eigenvalue weighted by atomic mass is 32.1. The summed E-state index contributed by atoms with van der Waals surface area (Å²) in [4.78, 5) is 14.7. The lowest BCUT2D eigenvalue weighted by atomic mass is 10.0. The van der Waals surface area contributed by atoms with E-state index in [2.05, 4.69) is 35.0 Å². The van der Waals surface area contributed by atoms with Crippen molar-refractivity contribution in [3.05, 3.63) is 94.6 Å². The summed E-state index contributed by atoms with van der Waals surface area (Å²) in [6.07, 6.45) is 1.63. The van der Waals surface area contributed by atoms with Crippen LogP contribution in [0.2, 0.25) is 0 Å². The van der Waals surface area contributed by atoms with Crippen molar-refractivity contribution < 1.29 is 9.21 Å². The van der Waals surface area contributed by atoms with Crippen LogP contribution in [-0.2, 0) is 19.6 Å². The van der Waals surface area contributed by atoms with Gasteiger partial charge < -0.3 is 14.6 Å². The van der Waals surface area contributed by atoms with Crippen LogP contribution >= 0.6 is 11.3 Å². The topological polar surface area (TPSA) is 45.5 Å². The van der Waals surface area contributed by atoms with Crippen LogP contribution in [0, 0.1) is 0 Å². The molecule has 0 saturated heterocycles. The van der Waals surface area contributed by atoms with Gasteiger partial charge in [0.15, 0.2) is 0 Å². The van der Waals surface area contributed by atoms with E-state index in [1.54, 1.807) is 22.5 Å². The molecule has 0 fully saturated rings. The van der Waals surface area contributed by atoms with E-state index in [0.29, 0.717) is 19.6 Å². The van der Waals surface area contributed by atoms with E-state index in [0.717, 1.165) is 22.3 Å². The average Bonchev–Trinajstić information content (AvgIpc) is 3.40. The molecule has 2 aromatic carbocycles. The normalized spacial score (nSPS) is 10.8. The standard InChI is InChI=1S/C22H20N2O2S/c25-22(23-13-19-7-3-6-18-5-1-2-9-21(18)19)24(14-17-10-12-27-16-17)15-20-8-4-11-26-20/h1-12,16H,13-15H2,(H,23,25). The number of urea groups is 1. The fourth-order valence-electron chi connectivity index (χ4n) is 3.12. The molecular weight excluding hydrogens is 356 g/mol. The number of nitrogens with one attached hydrogen (secondary N) is 1. The SMILES string of the molecule is O=C(NCc1cccc2ccccc12)N(Cc1ccsc1)Cc1ccco1. The molecule has 0 aliphatic carbocycles. The molecular formula is C22H20N2O2S. The predicted octanol–water partition coefficient (Wildman–Crippen LogP) is 5.41. The first-order chi connectivity index (χ1) is 13.3. The minimum Gasteiger partial charge on any atom is -0.467 e. The first-order valence-electron chi connectivity index (χ1n) is 8.82. The Balaban J connectivity index is 1.49. The third-order valence-electron chi connectivity index (χ3n) is 4.48. The number of benzene rings is 2. The second-order valence-corrected chi connectivity index (χ2v) is 7.14. The Morgan fingerprint density at radius 2 is 1.89 bits per heavy atom. The number of carbonyl (C=O) groups is 1. The van der Waals surface area contributed by atoms with Crippen molar-refractivity contribution in [1.29, 1.82) is 0 Å². The summed E-state index contributed by atoms with van der Waals surface area (Å²) in [7, 11) is 0. The molecule has 136 valence electrons. The maximum Gasteiger partial charge on any atom is 0.318 e. The highest BCUT2D eigenvalue weighted by Crippen LogP contribution is 2.19. The fraction of sp³-hybridized carbons (Fsp3) is 0.136. The lowest BCUT2D eigenvalue weighted by Gasteiger charge is -2.22. The summed E-state index contributed by atoms with van der Waals surface area (Å²) in [5.41, 5.74) is 2.22. The van der Waals surface area contributed by atoms with Crippen molar-refractivity contribution in [2.24, 2.45) is 0 Å². The summed E-state index contributed by atoms with van der Waals surface area (Å²) < 4.78 is 5.43. The smallest absolute Gasteiger partial charge is 0.318 e. The molecule has 0 radical (unpaired) electrons. The van der Waals surface area contributed by atoms with E-state index < -0.39 is 0 Å². The van der Waals surface area contributed by atoms with Gasteiger partial charge in [0.1, 0.15) is 5.76 Å². The Morgan fingerprint density at radius 1 is 1.00 bits per heavy atom. The molecule has 4 nitrogen and oxygen atoms in total. The summed E-state index contributed by atoms with van der Waals surface area (Å²) in [6, 6.07) is 20.0. The Bertz CT molecular complexity index is 968. The number of furan rings is 1. The lowest BCUT2D eigenvalue weighted by Crippen LogP contribution is -2.38. The van der Waals surface area contributed by atoms with Crippen molar-refractivity contribution >= 4 is 28.1 Å². The molecule has 0 spiro atoms. The Morgan fingerprint density at radius 3 is 2.70 bits per heavy atom. The monoisotopic (exact) mass is 376 g/mol. The van der Waals surface area contributed by atoms with Gasteiger partial charge in [0.05, 0.1) is 12.8 Å². The van der Waals surface area contributed by atoms with E-state index in [1.165, 1.54) is 5.39 Å². The highest BCUT2D eigenvalue weighted by Gasteiger charge is 2.16. The molecule has 1 N–H and O–H groups in total. The van der Waals surface area contributed by atoms with Crippen LogP contribution in [-0.4, -0.2) is 10.9 Å². The van der Waals surface area contributed by atoms with Crippen molar-refractivity contribution in [3.63, 3.8) is 0 Å². The number of rotatable bonds is 6. The van der Waals surface area contributed by atoms with Crippen LogP contribution in [0.15, 0.2) is 82.1 Å². The minimum absolute atomic E-state index is 0.106. The number of carbonyl (C=O) groups excluding carboxylic acids is 1. The van der Waals surface area contributed by atoms with E-state index in [9.17, 15) is 4.79 Å². The molecule has 27 heavy (non-hydrogen) atoms. The van der Waals surface area contributed by atoms with E-state index in [-0.39, 0.29) is 6.03 Å². The van der Waals surface area contributed by atoms with Crippen molar-refractivity contribution in [1.82, 2.24) is 10.2 Å². The van der Waals surface area contributed by atoms with Gasteiger partial charge in [-0.25, -0.2) is 4.79 Å². The number of thiophene rings is 1. The van der Waals surface area contributed by atoms with Gasteiger partial charge >= 0.3 is 6.03 Å². The summed E-state index contributed by atoms with van der Waals surface area (Å²) in [5, 5.41) is 9.49. The maximum absolute atomic E-state index is 12.9. The minimum atomic E-state index is -0.106. The Hall–Kier alpha value is -3.05. The van der Waals surface area contributed by atoms with Crippen molar-refractivity contribution in [3.8, 4) is 0 Å². The molecule has 0 atom stereocenters. The van der Waals surface area contributed by atoms with Crippen molar-refractivity contribution in [2.75, 3.05) is 0 Å². The molecule has 2 heterocycles. The van der Waals surface area contributed by atoms with Crippen molar-refractivity contribution in [2.45, 2.75) is 19.6 Å². The van der Waals surface area contributed by atoms with E-state index in [1.807, 2.05) is 41.8 Å². The fourth-order valence-corrected chi connectivity index (χ4v) is 3.78. The molecule has 5 heteroatoms. The first-order valence-corrected chi connectivity index (χ1v) is 9.77. The largest absolute Gasteiger partial charge is 0.467 e. The van der Waals surface area contributed by atoms with Gasteiger partial charge in [0.25, 0.3) is 0 Å². The molecule has 4 aromatic rings. The summed E-state index contributed by atoms with van der Waals surface area (Å²) in [6.45, 7) is 1.47. The summed E-state index contributed by atoms with van der Waals surface area (Å²) >= 11 is 1.63. The molecule has 2 amide bonds. The quantitative estimate of drug-likeness (QED) is 0.489. The van der Waals surface area contributed by atoms with Gasteiger partial charge in [-0.3, -0.25) is 0 Å². The zero-order valence-corrected chi connectivity index (χ0v) is 15.6. The van der Waals surface area contributed by atoms with Crippen LogP contribution in [0.25, 0.3) is 10.8 Å². The van der Waals surface area contributed by atoms with Crippen LogP contribution < -0.4 is 5.32 Å². The first kappa shape index (κ1) is 17.4. The molecule has 0 aliphatic rings. The van der Waals surface area contributed by atoms with Gasteiger partial charge in [-0.2, -0.15) is 11.3 Å². The Labute approximate surface area is 162 Å².